The van der Waals surface area contributed by atoms with Gasteiger partial charge in [0.1, 0.15) is 0 Å². The van der Waals surface area contributed by atoms with Crippen molar-refractivity contribution in [3.63, 3.8) is 0 Å². The van der Waals surface area contributed by atoms with Crippen molar-refractivity contribution < 1.29 is 0 Å². The summed E-state index contributed by atoms with van der Waals surface area (Å²) in [6.07, 6.45) is 4.47. The van der Waals surface area contributed by atoms with E-state index in [0.717, 1.165) is 17.9 Å². The van der Waals surface area contributed by atoms with E-state index in [2.05, 4.69) is 38.3 Å². The zero-order valence-corrected chi connectivity index (χ0v) is 10.1. The highest BCUT2D eigenvalue weighted by Crippen LogP contribution is 2.23. The molecule has 0 saturated carbocycles. The average Bonchev–Trinajstić information content (AvgIpc) is 2.18. The molecular formula is C12H26N2. The first-order valence-corrected chi connectivity index (χ1v) is 6.18. The minimum Gasteiger partial charge on any atom is -0.302 e. The maximum absolute atomic E-state index is 3.69. The lowest BCUT2D eigenvalue weighted by atomic mass is 9.83. The summed E-state index contributed by atoms with van der Waals surface area (Å²) in [4.78, 5) is 0. The van der Waals surface area contributed by atoms with Gasteiger partial charge in [-0.1, -0.05) is 33.6 Å². The molecule has 0 aromatic carbocycles. The van der Waals surface area contributed by atoms with Gasteiger partial charge in [0, 0.05) is 12.6 Å². The van der Waals surface area contributed by atoms with Crippen LogP contribution in [0.2, 0.25) is 0 Å². The first-order chi connectivity index (χ1) is 6.69. The summed E-state index contributed by atoms with van der Waals surface area (Å²) >= 11 is 0. The van der Waals surface area contributed by atoms with Crippen molar-refractivity contribution in [2.45, 2.75) is 59.2 Å². The standard InChI is InChI=1S/C12H26N2/c1-5-7-11(6-2)12-9(3)8-13-10(4)14-12/h9-14H,5-8H2,1-4H3. The maximum Gasteiger partial charge on any atom is 0.0544 e. The fraction of sp³-hybridized carbons (Fsp3) is 1.00. The third kappa shape index (κ3) is 2.96. The minimum absolute atomic E-state index is 0.488. The van der Waals surface area contributed by atoms with Gasteiger partial charge in [0.25, 0.3) is 0 Å². The molecule has 1 fully saturated rings. The molecule has 1 heterocycles. The summed E-state index contributed by atoms with van der Waals surface area (Å²) in [5.74, 6) is 1.63. The molecule has 0 aliphatic carbocycles. The van der Waals surface area contributed by atoms with Crippen molar-refractivity contribution in [1.82, 2.24) is 10.6 Å². The predicted molar refractivity (Wildman–Crippen MR) is 62.2 cm³/mol. The summed E-state index contributed by atoms with van der Waals surface area (Å²) < 4.78 is 0. The molecule has 4 atom stereocenters. The zero-order valence-electron chi connectivity index (χ0n) is 10.1. The van der Waals surface area contributed by atoms with Gasteiger partial charge in [0.2, 0.25) is 0 Å². The highest BCUT2D eigenvalue weighted by molar-refractivity contribution is 4.87. The van der Waals surface area contributed by atoms with Crippen molar-refractivity contribution in [2.24, 2.45) is 11.8 Å². The van der Waals surface area contributed by atoms with Crippen LogP contribution in [0, 0.1) is 11.8 Å². The van der Waals surface area contributed by atoms with Gasteiger partial charge in [-0.2, -0.15) is 0 Å². The molecular weight excluding hydrogens is 172 g/mol. The lowest BCUT2D eigenvalue weighted by Crippen LogP contribution is -2.58. The van der Waals surface area contributed by atoms with Crippen LogP contribution in [0.1, 0.15) is 47.0 Å². The van der Waals surface area contributed by atoms with Crippen LogP contribution in [-0.4, -0.2) is 18.8 Å². The molecule has 0 amide bonds. The van der Waals surface area contributed by atoms with Crippen molar-refractivity contribution in [2.75, 3.05) is 6.54 Å². The quantitative estimate of drug-likeness (QED) is 0.724. The molecule has 1 aliphatic rings. The Labute approximate surface area is 88.8 Å². The molecule has 1 saturated heterocycles. The van der Waals surface area contributed by atoms with Crippen molar-refractivity contribution in [1.29, 1.82) is 0 Å². The van der Waals surface area contributed by atoms with E-state index in [-0.39, 0.29) is 0 Å². The van der Waals surface area contributed by atoms with Crippen LogP contribution in [0.5, 0.6) is 0 Å². The molecule has 1 aliphatic heterocycles. The van der Waals surface area contributed by atoms with Crippen LogP contribution in [0.4, 0.5) is 0 Å². The molecule has 0 aromatic rings. The number of nitrogens with one attached hydrogen (secondary N) is 2. The average molecular weight is 198 g/mol. The second-order valence-corrected chi connectivity index (χ2v) is 4.76. The Bertz CT molecular complexity index is 158. The molecule has 2 heteroatoms. The van der Waals surface area contributed by atoms with Gasteiger partial charge in [-0.25, -0.2) is 0 Å². The Hall–Kier alpha value is -0.0800. The molecule has 0 radical (unpaired) electrons. The zero-order chi connectivity index (χ0) is 10.6. The molecule has 84 valence electrons. The maximum atomic E-state index is 3.69. The fourth-order valence-electron chi connectivity index (χ4n) is 2.61. The van der Waals surface area contributed by atoms with E-state index in [9.17, 15) is 0 Å². The molecule has 0 bridgehead atoms. The lowest BCUT2D eigenvalue weighted by Gasteiger charge is -2.39. The van der Waals surface area contributed by atoms with Gasteiger partial charge in [-0.05, 0) is 25.2 Å². The van der Waals surface area contributed by atoms with Crippen LogP contribution in [-0.2, 0) is 0 Å². The topological polar surface area (TPSA) is 24.1 Å². The normalized spacial score (nSPS) is 35.6. The lowest BCUT2D eigenvalue weighted by molar-refractivity contribution is 0.173. The molecule has 14 heavy (non-hydrogen) atoms. The fourth-order valence-corrected chi connectivity index (χ4v) is 2.61. The first kappa shape index (κ1) is 12.0. The summed E-state index contributed by atoms with van der Waals surface area (Å²) in [5.41, 5.74) is 0. The Kier molecular flexibility index (Phi) is 4.90. The Morgan fingerprint density at radius 1 is 1.29 bits per heavy atom. The van der Waals surface area contributed by atoms with Gasteiger partial charge >= 0.3 is 0 Å². The van der Waals surface area contributed by atoms with Crippen LogP contribution >= 0.6 is 0 Å². The van der Waals surface area contributed by atoms with Gasteiger partial charge in [-0.3, -0.25) is 5.32 Å². The largest absolute Gasteiger partial charge is 0.302 e. The monoisotopic (exact) mass is 198 g/mol. The number of rotatable bonds is 4. The van der Waals surface area contributed by atoms with Crippen LogP contribution < -0.4 is 10.6 Å². The second kappa shape index (κ2) is 5.72. The Morgan fingerprint density at radius 3 is 2.57 bits per heavy atom. The van der Waals surface area contributed by atoms with Gasteiger partial charge in [-0.15, -0.1) is 0 Å². The molecule has 4 unspecified atom stereocenters. The SMILES string of the molecule is CCCC(CC)C1NC(C)NCC1C. The molecule has 2 N–H and O–H groups in total. The van der Waals surface area contributed by atoms with E-state index >= 15 is 0 Å². The molecule has 1 rings (SSSR count). The third-order valence-electron chi connectivity index (χ3n) is 3.49. The van der Waals surface area contributed by atoms with E-state index in [4.69, 9.17) is 0 Å². The van der Waals surface area contributed by atoms with Crippen molar-refractivity contribution in [3.8, 4) is 0 Å². The summed E-state index contributed by atoms with van der Waals surface area (Å²) in [6.45, 7) is 10.4. The summed E-state index contributed by atoms with van der Waals surface area (Å²) in [5, 5.41) is 7.16. The Balaban J connectivity index is 2.52. The van der Waals surface area contributed by atoms with E-state index in [0.29, 0.717) is 6.17 Å². The summed E-state index contributed by atoms with van der Waals surface area (Å²) in [7, 11) is 0. The van der Waals surface area contributed by atoms with Gasteiger partial charge < -0.3 is 5.32 Å². The molecule has 0 spiro atoms. The highest BCUT2D eigenvalue weighted by atomic mass is 15.2. The molecule has 0 aromatic heterocycles. The molecule has 2 nitrogen and oxygen atoms in total. The van der Waals surface area contributed by atoms with Crippen molar-refractivity contribution in [3.05, 3.63) is 0 Å². The number of hydrogen-bond donors (Lipinski definition) is 2. The predicted octanol–water partition coefficient (Wildman–Crippen LogP) is 2.36. The van der Waals surface area contributed by atoms with E-state index in [1.807, 2.05) is 0 Å². The Morgan fingerprint density at radius 2 is 2.00 bits per heavy atom. The highest BCUT2D eigenvalue weighted by Gasteiger charge is 2.29. The van der Waals surface area contributed by atoms with Gasteiger partial charge in [0.15, 0.2) is 0 Å². The second-order valence-electron chi connectivity index (χ2n) is 4.76. The number of hydrogen-bond acceptors (Lipinski definition) is 2. The van der Waals surface area contributed by atoms with E-state index in [1.54, 1.807) is 0 Å². The van der Waals surface area contributed by atoms with E-state index in [1.165, 1.54) is 25.8 Å². The van der Waals surface area contributed by atoms with Crippen LogP contribution in [0.3, 0.4) is 0 Å². The first-order valence-electron chi connectivity index (χ1n) is 6.18. The van der Waals surface area contributed by atoms with E-state index < -0.39 is 0 Å². The van der Waals surface area contributed by atoms with Crippen LogP contribution in [0.25, 0.3) is 0 Å². The third-order valence-corrected chi connectivity index (χ3v) is 3.49. The van der Waals surface area contributed by atoms with Crippen molar-refractivity contribution >= 4 is 0 Å². The minimum atomic E-state index is 0.488. The summed E-state index contributed by atoms with van der Waals surface area (Å²) in [6, 6.07) is 0.719. The van der Waals surface area contributed by atoms with Gasteiger partial charge in [0.05, 0.1) is 6.17 Å². The smallest absolute Gasteiger partial charge is 0.0544 e. The van der Waals surface area contributed by atoms with Crippen LogP contribution in [0.15, 0.2) is 0 Å².